The molecule has 1 heterocycles. The maximum absolute atomic E-state index is 13.5. The van der Waals surface area contributed by atoms with Gasteiger partial charge in [-0.1, -0.05) is 57.9 Å². The highest BCUT2D eigenvalue weighted by Gasteiger charge is 2.22. The van der Waals surface area contributed by atoms with Crippen LogP contribution < -0.4 is 5.73 Å². The molecular formula is C34H58N4O2. The minimum Gasteiger partial charge on any atom is -0.493 e. The molecule has 2 atom stereocenters. The summed E-state index contributed by atoms with van der Waals surface area (Å²) in [6.45, 7) is 17.2. The fourth-order valence-electron chi connectivity index (χ4n) is 4.46. The Balaban J connectivity index is 2.90. The van der Waals surface area contributed by atoms with Crippen LogP contribution in [0.3, 0.4) is 0 Å². The first-order valence-corrected chi connectivity index (χ1v) is 15.6. The van der Waals surface area contributed by atoms with Gasteiger partial charge in [0.25, 0.3) is 0 Å². The molecule has 1 aromatic rings. The van der Waals surface area contributed by atoms with Crippen molar-refractivity contribution < 1.29 is 9.53 Å². The fourth-order valence-corrected chi connectivity index (χ4v) is 4.46. The molecule has 0 aromatic carbocycles. The summed E-state index contributed by atoms with van der Waals surface area (Å²) in [4.78, 5) is 22.4. The van der Waals surface area contributed by atoms with E-state index in [1.165, 1.54) is 0 Å². The molecule has 40 heavy (non-hydrogen) atoms. The van der Waals surface area contributed by atoms with Gasteiger partial charge in [0.1, 0.15) is 5.76 Å². The van der Waals surface area contributed by atoms with Crippen LogP contribution in [0.15, 0.2) is 60.0 Å². The third-order valence-electron chi connectivity index (χ3n) is 7.32. The van der Waals surface area contributed by atoms with Crippen LogP contribution in [0.4, 0.5) is 0 Å². The van der Waals surface area contributed by atoms with Crippen LogP contribution in [-0.4, -0.2) is 66.1 Å². The van der Waals surface area contributed by atoms with Crippen molar-refractivity contribution in [2.24, 2.45) is 11.7 Å². The summed E-state index contributed by atoms with van der Waals surface area (Å²) in [6.07, 6.45) is 18.3. The molecule has 0 saturated carbocycles. The number of aromatic nitrogens is 1. The lowest BCUT2D eigenvalue weighted by atomic mass is 10.0. The van der Waals surface area contributed by atoms with Crippen LogP contribution in [0.2, 0.25) is 0 Å². The number of nitrogens with zero attached hydrogens (tertiary/aromatic N) is 3. The maximum Gasteiger partial charge on any atom is 0.236 e. The highest BCUT2D eigenvalue weighted by atomic mass is 16.5. The molecular weight excluding hydrogens is 496 g/mol. The van der Waals surface area contributed by atoms with Gasteiger partial charge in [0.2, 0.25) is 5.91 Å². The first-order valence-electron chi connectivity index (χ1n) is 15.6. The van der Waals surface area contributed by atoms with E-state index in [1.807, 2.05) is 30.2 Å². The van der Waals surface area contributed by atoms with Gasteiger partial charge in [-0.25, -0.2) is 0 Å². The quantitative estimate of drug-likeness (QED) is 0.0956. The topological polar surface area (TPSA) is 71.7 Å². The number of amides is 1. The molecule has 0 aliphatic heterocycles. The number of nitrogens with two attached hydrogens (primary N) is 1. The van der Waals surface area contributed by atoms with Crippen LogP contribution in [-0.2, 0) is 16.0 Å². The Morgan fingerprint density at radius 2 is 1.88 bits per heavy atom. The fraction of sp³-hybridized carbons (Fsp3) is 0.647. The van der Waals surface area contributed by atoms with E-state index >= 15 is 0 Å². The summed E-state index contributed by atoms with van der Waals surface area (Å²) in [5.41, 5.74) is 8.03. The first-order chi connectivity index (χ1) is 19.4. The Kier molecular flexibility index (Phi) is 19.8. The van der Waals surface area contributed by atoms with Crippen LogP contribution in [0.25, 0.3) is 0 Å². The van der Waals surface area contributed by atoms with E-state index in [4.69, 9.17) is 10.5 Å². The van der Waals surface area contributed by atoms with E-state index in [0.29, 0.717) is 19.0 Å². The highest BCUT2D eigenvalue weighted by molar-refractivity contribution is 5.78. The maximum atomic E-state index is 13.5. The normalized spacial score (nSPS) is 14.1. The van der Waals surface area contributed by atoms with Gasteiger partial charge in [0.05, 0.1) is 13.2 Å². The molecule has 6 heteroatoms. The first kappa shape index (κ1) is 35.6. The zero-order valence-corrected chi connectivity index (χ0v) is 26.4. The largest absolute Gasteiger partial charge is 0.493 e. The van der Waals surface area contributed by atoms with Crippen molar-refractivity contribution >= 4 is 5.91 Å². The Morgan fingerprint density at radius 3 is 2.52 bits per heavy atom. The molecule has 1 rings (SSSR count). The SMILES string of the molecule is C/C=C(C)\C(=C/C=CCC(C)CN(CC(=O)N(CCCC)CCCN)C(C)CCc1ccccn1)OCCCC. The number of hydrogen-bond donors (Lipinski definition) is 1. The number of carbonyl (C=O) groups excluding carboxylic acids is 1. The van der Waals surface area contributed by atoms with Crippen molar-refractivity contribution in [3.05, 3.63) is 65.7 Å². The predicted octanol–water partition coefficient (Wildman–Crippen LogP) is 6.93. The second-order valence-corrected chi connectivity index (χ2v) is 11.0. The lowest BCUT2D eigenvalue weighted by molar-refractivity contribution is -0.133. The molecule has 0 fully saturated rings. The molecule has 226 valence electrons. The number of unbranched alkanes of at least 4 members (excludes halogenated alkanes) is 2. The summed E-state index contributed by atoms with van der Waals surface area (Å²) >= 11 is 0. The average Bonchev–Trinajstić information content (AvgIpc) is 2.96. The van der Waals surface area contributed by atoms with E-state index in [9.17, 15) is 4.79 Å². The van der Waals surface area contributed by atoms with Gasteiger partial charge in [-0.3, -0.25) is 14.7 Å². The predicted molar refractivity (Wildman–Crippen MR) is 170 cm³/mol. The highest BCUT2D eigenvalue weighted by Crippen LogP contribution is 2.16. The summed E-state index contributed by atoms with van der Waals surface area (Å²) in [5.74, 6) is 1.57. The monoisotopic (exact) mass is 554 g/mol. The summed E-state index contributed by atoms with van der Waals surface area (Å²) < 4.78 is 6.00. The molecule has 0 aliphatic rings. The lowest BCUT2D eigenvalue weighted by Gasteiger charge is -2.33. The van der Waals surface area contributed by atoms with Gasteiger partial charge in [-0.15, -0.1) is 0 Å². The van der Waals surface area contributed by atoms with Crippen molar-refractivity contribution in [1.29, 1.82) is 0 Å². The van der Waals surface area contributed by atoms with Crippen molar-refractivity contribution in [2.45, 2.75) is 99.0 Å². The molecule has 1 amide bonds. The summed E-state index contributed by atoms with van der Waals surface area (Å²) in [6, 6.07) is 6.35. The molecule has 0 saturated heterocycles. The number of rotatable bonds is 22. The lowest BCUT2D eigenvalue weighted by Crippen LogP contribution is -2.46. The third kappa shape index (κ3) is 15.4. The van der Waals surface area contributed by atoms with Crippen LogP contribution >= 0.6 is 0 Å². The Bertz CT molecular complexity index is 873. The zero-order valence-electron chi connectivity index (χ0n) is 26.4. The van der Waals surface area contributed by atoms with Gasteiger partial charge >= 0.3 is 0 Å². The summed E-state index contributed by atoms with van der Waals surface area (Å²) in [5, 5.41) is 0. The van der Waals surface area contributed by atoms with Gasteiger partial charge < -0.3 is 15.4 Å². The van der Waals surface area contributed by atoms with Crippen molar-refractivity contribution in [3.63, 3.8) is 0 Å². The number of allylic oxidation sites excluding steroid dienone is 5. The van der Waals surface area contributed by atoms with Gasteiger partial charge in [-0.2, -0.15) is 0 Å². The number of hydrogen-bond acceptors (Lipinski definition) is 5. The molecule has 2 unspecified atom stereocenters. The number of aryl methyl sites for hydroxylation is 1. The Hall–Kier alpha value is -2.44. The molecule has 0 bridgehead atoms. The molecule has 0 aliphatic carbocycles. The van der Waals surface area contributed by atoms with E-state index in [-0.39, 0.29) is 11.9 Å². The zero-order chi connectivity index (χ0) is 29.6. The van der Waals surface area contributed by atoms with E-state index in [2.05, 4.69) is 74.9 Å². The standard InChI is InChI=1S/C34H58N4O2/c1-7-10-24-37(25-16-22-35)34(39)28-38(31(6)20-21-32-18-14-15-23-36-32)27-29(4)17-12-13-19-33(30(5)9-3)40-26-11-8-2/h9,12-15,18-19,23,29,31H,7-8,10-11,16-17,20-22,24-28,35H2,1-6H3/b13-12?,30-9-,33-19+. The van der Waals surface area contributed by atoms with Crippen molar-refractivity contribution in [2.75, 3.05) is 39.3 Å². The van der Waals surface area contributed by atoms with Gasteiger partial charge in [-0.05, 0) is 95.5 Å². The minimum absolute atomic E-state index is 0.216. The molecule has 2 N–H and O–H groups in total. The van der Waals surface area contributed by atoms with E-state index in [1.54, 1.807) is 0 Å². The molecule has 0 radical (unpaired) electrons. The second kappa shape index (κ2) is 22.3. The third-order valence-corrected chi connectivity index (χ3v) is 7.32. The second-order valence-electron chi connectivity index (χ2n) is 11.0. The molecule has 1 aromatic heterocycles. The van der Waals surface area contributed by atoms with Gasteiger partial charge in [0, 0.05) is 37.6 Å². The van der Waals surface area contributed by atoms with E-state index < -0.39 is 0 Å². The van der Waals surface area contributed by atoms with Crippen LogP contribution in [0.5, 0.6) is 0 Å². The summed E-state index contributed by atoms with van der Waals surface area (Å²) in [7, 11) is 0. The van der Waals surface area contributed by atoms with E-state index in [0.717, 1.165) is 94.6 Å². The van der Waals surface area contributed by atoms with Crippen LogP contribution in [0, 0.1) is 5.92 Å². The molecule has 6 nitrogen and oxygen atoms in total. The molecule has 0 spiro atoms. The average molecular weight is 555 g/mol. The van der Waals surface area contributed by atoms with Crippen LogP contribution in [0.1, 0.15) is 92.2 Å². The number of carbonyl (C=O) groups is 1. The Morgan fingerprint density at radius 1 is 1.12 bits per heavy atom. The Labute approximate surface area is 245 Å². The van der Waals surface area contributed by atoms with Gasteiger partial charge in [0.15, 0.2) is 0 Å². The number of pyridine rings is 1. The van der Waals surface area contributed by atoms with Crippen molar-refractivity contribution in [1.82, 2.24) is 14.8 Å². The van der Waals surface area contributed by atoms with Crippen molar-refractivity contribution in [3.8, 4) is 0 Å². The smallest absolute Gasteiger partial charge is 0.236 e. The number of ether oxygens (including phenoxy) is 1. The minimum atomic E-state index is 0.216.